The first kappa shape index (κ1) is 21.7. The van der Waals surface area contributed by atoms with Crippen LogP contribution in [-0.2, 0) is 9.59 Å². The minimum Gasteiger partial charge on any atom is -0.366 e. The van der Waals surface area contributed by atoms with Crippen molar-refractivity contribution in [2.45, 2.75) is 34.1 Å². The van der Waals surface area contributed by atoms with E-state index >= 15 is 0 Å². The zero-order chi connectivity index (χ0) is 23.2. The molecule has 2 aliphatic rings. The van der Waals surface area contributed by atoms with Crippen LogP contribution < -0.4 is 4.90 Å². The molecule has 2 heterocycles. The molecular weight excluding hydrogens is 406 g/mol. The van der Waals surface area contributed by atoms with Crippen molar-refractivity contribution >= 4 is 28.8 Å². The van der Waals surface area contributed by atoms with Crippen molar-refractivity contribution in [1.82, 2.24) is 4.90 Å². The summed E-state index contributed by atoms with van der Waals surface area (Å²) >= 11 is 0. The highest BCUT2D eigenvalue weighted by molar-refractivity contribution is 6.45. The number of imide groups is 1. The molecule has 2 aromatic carbocycles. The fourth-order valence-electron chi connectivity index (χ4n) is 4.85. The number of likely N-dealkylation sites (tertiary alicyclic amines) is 1. The molecule has 2 aromatic rings. The molecule has 2 aliphatic heterocycles. The number of carbonyl (C=O) groups excluding carboxylic acids is 2. The SMILES string of the molecule is Cc1ccc(C)c(N2C(=O)C(c3ccc([N+](=O)[O-])cc3)=C(N3CC(C)CC(C)C3)C2=O)c1. The number of benzene rings is 2. The van der Waals surface area contributed by atoms with Crippen LogP contribution in [0.4, 0.5) is 11.4 Å². The van der Waals surface area contributed by atoms with Crippen molar-refractivity contribution < 1.29 is 14.5 Å². The average Bonchev–Trinajstić information content (AvgIpc) is 2.99. The summed E-state index contributed by atoms with van der Waals surface area (Å²) in [6.07, 6.45) is 1.07. The maximum atomic E-state index is 13.7. The number of non-ortho nitro benzene ring substituents is 1. The van der Waals surface area contributed by atoms with Gasteiger partial charge < -0.3 is 4.90 Å². The molecule has 0 radical (unpaired) electrons. The van der Waals surface area contributed by atoms with Crippen LogP contribution in [0.3, 0.4) is 0 Å². The second kappa shape index (κ2) is 8.22. The Labute approximate surface area is 187 Å². The summed E-state index contributed by atoms with van der Waals surface area (Å²) in [7, 11) is 0. The number of amides is 2. The van der Waals surface area contributed by atoms with E-state index in [1.165, 1.54) is 17.0 Å². The number of nitro benzene ring substituents is 1. The standard InChI is InChI=1S/C25H27N3O4/c1-15-5-6-18(4)21(12-15)27-24(29)22(19-7-9-20(10-8-19)28(31)32)23(25(27)30)26-13-16(2)11-17(3)14-26/h5-10,12,16-17H,11,13-14H2,1-4H3. The summed E-state index contributed by atoms with van der Waals surface area (Å²) in [6.45, 7) is 9.49. The van der Waals surface area contributed by atoms with E-state index in [9.17, 15) is 19.7 Å². The molecule has 7 heteroatoms. The summed E-state index contributed by atoms with van der Waals surface area (Å²) in [5.41, 5.74) is 3.53. The van der Waals surface area contributed by atoms with Crippen LogP contribution in [0.5, 0.6) is 0 Å². The Morgan fingerprint density at radius 2 is 1.56 bits per heavy atom. The van der Waals surface area contributed by atoms with E-state index in [1.807, 2.05) is 36.9 Å². The highest BCUT2D eigenvalue weighted by Crippen LogP contribution is 2.38. The largest absolute Gasteiger partial charge is 0.366 e. The van der Waals surface area contributed by atoms with Gasteiger partial charge in [0, 0.05) is 25.2 Å². The lowest BCUT2D eigenvalue weighted by Gasteiger charge is -2.37. The molecule has 0 spiro atoms. The van der Waals surface area contributed by atoms with Crippen LogP contribution in [0.25, 0.3) is 5.57 Å². The smallest absolute Gasteiger partial charge is 0.282 e. The first-order chi connectivity index (χ1) is 15.2. The van der Waals surface area contributed by atoms with Crippen LogP contribution in [-0.4, -0.2) is 34.7 Å². The van der Waals surface area contributed by atoms with Gasteiger partial charge in [0.05, 0.1) is 16.2 Å². The van der Waals surface area contributed by atoms with Crippen molar-refractivity contribution in [3.63, 3.8) is 0 Å². The summed E-state index contributed by atoms with van der Waals surface area (Å²) < 4.78 is 0. The predicted octanol–water partition coefficient (Wildman–Crippen LogP) is 4.47. The Hall–Kier alpha value is -3.48. The number of aryl methyl sites for hydroxylation is 2. The first-order valence-corrected chi connectivity index (χ1v) is 10.9. The highest BCUT2D eigenvalue weighted by atomic mass is 16.6. The van der Waals surface area contributed by atoms with E-state index in [2.05, 4.69) is 13.8 Å². The van der Waals surface area contributed by atoms with Crippen molar-refractivity contribution in [2.75, 3.05) is 18.0 Å². The number of nitrogens with zero attached hydrogens (tertiary/aromatic N) is 3. The number of rotatable bonds is 4. The molecule has 1 saturated heterocycles. The fourth-order valence-corrected chi connectivity index (χ4v) is 4.85. The van der Waals surface area contributed by atoms with E-state index < -0.39 is 10.8 Å². The zero-order valence-electron chi connectivity index (χ0n) is 18.8. The third-order valence-electron chi connectivity index (χ3n) is 6.22. The molecule has 2 unspecified atom stereocenters. The highest BCUT2D eigenvalue weighted by Gasteiger charge is 2.44. The van der Waals surface area contributed by atoms with Crippen LogP contribution in [0.15, 0.2) is 48.2 Å². The van der Waals surface area contributed by atoms with E-state index in [0.717, 1.165) is 17.5 Å². The number of carbonyl (C=O) groups is 2. The summed E-state index contributed by atoms with van der Waals surface area (Å²) in [4.78, 5) is 41.4. The van der Waals surface area contributed by atoms with Crippen molar-refractivity contribution in [1.29, 1.82) is 0 Å². The third-order valence-corrected chi connectivity index (χ3v) is 6.22. The second-order valence-electron chi connectivity index (χ2n) is 9.11. The maximum Gasteiger partial charge on any atom is 0.282 e. The van der Waals surface area contributed by atoms with Gasteiger partial charge in [-0.3, -0.25) is 19.7 Å². The Morgan fingerprint density at radius 3 is 2.16 bits per heavy atom. The van der Waals surface area contributed by atoms with Gasteiger partial charge in [0.1, 0.15) is 5.70 Å². The van der Waals surface area contributed by atoms with E-state index in [0.29, 0.717) is 47.4 Å². The van der Waals surface area contributed by atoms with Gasteiger partial charge in [-0.05, 0) is 67.0 Å². The lowest BCUT2D eigenvalue weighted by atomic mass is 9.91. The number of nitro groups is 1. The lowest BCUT2D eigenvalue weighted by molar-refractivity contribution is -0.384. The van der Waals surface area contributed by atoms with E-state index in [1.54, 1.807) is 12.1 Å². The van der Waals surface area contributed by atoms with Gasteiger partial charge in [-0.25, -0.2) is 4.90 Å². The average molecular weight is 434 g/mol. The molecule has 2 amide bonds. The van der Waals surface area contributed by atoms with Gasteiger partial charge in [-0.2, -0.15) is 0 Å². The molecule has 4 rings (SSSR count). The van der Waals surface area contributed by atoms with Gasteiger partial charge in [0.25, 0.3) is 17.5 Å². The maximum absolute atomic E-state index is 13.7. The minimum absolute atomic E-state index is 0.0562. The van der Waals surface area contributed by atoms with Gasteiger partial charge >= 0.3 is 0 Å². The molecule has 0 bridgehead atoms. The van der Waals surface area contributed by atoms with Gasteiger partial charge in [-0.15, -0.1) is 0 Å². The Morgan fingerprint density at radius 1 is 0.938 bits per heavy atom. The summed E-state index contributed by atoms with van der Waals surface area (Å²) in [5.74, 6) is 0.0563. The Bertz CT molecular complexity index is 1130. The third kappa shape index (κ3) is 3.79. The van der Waals surface area contributed by atoms with Crippen LogP contribution >= 0.6 is 0 Å². The van der Waals surface area contributed by atoms with Crippen molar-refractivity contribution in [2.24, 2.45) is 11.8 Å². The molecule has 1 fully saturated rings. The molecule has 166 valence electrons. The quantitative estimate of drug-likeness (QED) is 0.403. The number of piperidine rings is 1. The fraction of sp³-hybridized carbons (Fsp3) is 0.360. The Balaban J connectivity index is 1.86. The van der Waals surface area contributed by atoms with Crippen LogP contribution in [0, 0.1) is 35.8 Å². The van der Waals surface area contributed by atoms with E-state index in [-0.39, 0.29) is 11.6 Å². The van der Waals surface area contributed by atoms with Crippen molar-refractivity contribution in [3.8, 4) is 0 Å². The molecule has 32 heavy (non-hydrogen) atoms. The molecule has 0 N–H and O–H groups in total. The van der Waals surface area contributed by atoms with Crippen LogP contribution in [0.1, 0.15) is 37.0 Å². The molecule has 7 nitrogen and oxygen atoms in total. The summed E-state index contributed by atoms with van der Waals surface area (Å²) in [6, 6.07) is 11.6. The molecular formula is C25H27N3O4. The Kier molecular flexibility index (Phi) is 5.59. The second-order valence-corrected chi connectivity index (χ2v) is 9.11. The number of hydrogen-bond acceptors (Lipinski definition) is 5. The first-order valence-electron chi connectivity index (χ1n) is 10.9. The zero-order valence-corrected chi connectivity index (χ0v) is 18.8. The van der Waals surface area contributed by atoms with Gasteiger partial charge in [-0.1, -0.05) is 26.0 Å². The number of hydrogen-bond donors (Lipinski definition) is 0. The van der Waals surface area contributed by atoms with E-state index in [4.69, 9.17) is 0 Å². The van der Waals surface area contributed by atoms with Crippen LogP contribution in [0.2, 0.25) is 0 Å². The topological polar surface area (TPSA) is 83.8 Å². The molecule has 0 saturated carbocycles. The molecule has 2 atom stereocenters. The van der Waals surface area contributed by atoms with Crippen molar-refractivity contribution in [3.05, 3.63) is 75.0 Å². The van der Waals surface area contributed by atoms with Gasteiger partial charge in [0.2, 0.25) is 0 Å². The monoisotopic (exact) mass is 433 g/mol. The minimum atomic E-state index is -0.475. The van der Waals surface area contributed by atoms with Gasteiger partial charge in [0.15, 0.2) is 0 Å². The predicted molar refractivity (Wildman–Crippen MR) is 123 cm³/mol. The number of anilines is 1. The lowest BCUT2D eigenvalue weighted by Crippen LogP contribution is -2.42. The molecule has 0 aliphatic carbocycles. The summed E-state index contributed by atoms with van der Waals surface area (Å²) in [5, 5.41) is 11.1. The normalized spacial score (nSPS) is 21.5. The molecule has 0 aromatic heterocycles.